The molecule has 0 bridgehead atoms. The molecule has 0 aliphatic heterocycles. The minimum atomic E-state index is -0.718. The summed E-state index contributed by atoms with van der Waals surface area (Å²) in [5.41, 5.74) is 1.04. The summed E-state index contributed by atoms with van der Waals surface area (Å²) in [4.78, 5) is 23.4. The lowest BCUT2D eigenvalue weighted by Gasteiger charge is -2.25. The van der Waals surface area contributed by atoms with Crippen LogP contribution in [0.25, 0.3) is 0 Å². The van der Waals surface area contributed by atoms with Gasteiger partial charge in [-0.25, -0.2) is 0 Å². The van der Waals surface area contributed by atoms with Gasteiger partial charge >= 0.3 is 0 Å². The number of benzene rings is 1. The molecule has 166 valence electrons. The largest absolute Gasteiger partial charge is 0.390 e. The predicted molar refractivity (Wildman–Crippen MR) is 120 cm³/mol. The Morgan fingerprint density at radius 3 is 2.07 bits per heavy atom. The van der Waals surface area contributed by atoms with Gasteiger partial charge < -0.3 is 21.1 Å². The first kappa shape index (κ1) is 27.1. The molecule has 0 aliphatic carbocycles. The molecule has 2 amide bonds. The van der Waals surface area contributed by atoms with Crippen LogP contribution in [0.5, 0.6) is 0 Å². The van der Waals surface area contributed by atoms with Crippen LogP contribution < -0.4 is 16.0 Å². The minimum Gasteiger partial charge on any atom is -0.390 e. The Labute approximate surface area is 176 Å². The van der Waals surface area contributed by atoms with Crippen molar-refractivity contribution in [2.24, 2.45) is 11.8 Å². The molecule has 0 heterocycles. The first-order chi connectivity index (χ1) is 13.6. The Morgan fingerprint density at radius 1 is 0.966 bits per heavy atom. The van der Waals surface area contributed by atoms with E-state index in [-0.39, 0.29) is 18.4 Å². The maximum atomic E-state index is 12.1. The summed E-state index contributed by atoms with van der Waals surface area (Å²) in [6.07, 6.45) is 0.145. The van der Waals surface area contributed by atoms with Gasteiger partial charge in [-0.1, -0.05) is 71.9 Å². The van der Waals surface area contributed by atoms with Crippen LogP contribution in [0, 0.1) is 11.8 Å². The van der Waals surface area contributed by atoms with E-state index >= 15 is 0 Å². The maximum Gasteiger partial charge on any atom is 0.239 e. The number of hydrogen-bond donors (Lipinski definition) is 4. The molecule has 0 aromatic heterocycles. The second kappa shape index (κ2) is 15.9. The van der Waals surface area contributed by atoms with Gasteiger partial charge in [-0.2, -0.15) is 0 Å². The van der Waals surface area contributed by atoms with Gasteiger partial charge in [0.15, 0.2) is 0 Å². The fraction of sp³-hybridized carbons (Fsp3) is 0.652. The average Bonchev–Trinajstić information content (AvgIpc) is 2.65. The summed E-state index contributed by atoms with van der Waals surface area (Å²) in [7, 11) is 0. The van der Waals surface area contributed by atoms with Crippen LogP contribution in [0.3, 0.4) is 0 Å². The van der Waals surface area contributed by atoms with E-state index < -0.39 is 12.1 Å². The van der Waals surface area contributed by atoms with Crippen molar-refractivity contribution in [2.45, 2.75) is 66.5 Å². The molecular formula is C23H41N3O3. The third-order valence-electron chi connectivity index (χ3n) is 3.78. The Kier molecular flexibility index (Phi) is 14.9. The van der Waals surface area contributed by atoms with Crippen LogP contribution in [-0.4, -0.2) is 48.7 Å². The van der Waals surface area contributed by atoms with Crippen molar-refractivity contribution >= 4 is 11.8 Å². The second-order valence-electron chi connectivity index (χ2n) is 8.35. The van der Waals surface area contributed by atoms with Crippen molar-refractivity contribution in [1.29, 1.82) is 0 Å². The predicted octanol–water partition coefficient (Wildman–Crippen LogP) is 2.51. The molecule has 2 atom stereocenters. The maximum absolute atomic E-state index is 12.1. The average molecular weight is 408 g/mol. The summed E-state index contributed by atoms with van der Waals surface area (Å²) < 4.78 is 0. The van der Waals surface area contributed by atoms with Gasteiger partial charge in [-0.3, -0.25) is 9.59 Å². The molecular weight excluding hydrogens is 366 g/mol. The number of hydrogen-bond acceptors (Lipinski definition) is 4. The molecule has 6 heteroatoms. The molecule has 0 aliphatic rings. The molecule has 1 aromatic rings. The van der Waals surface area contributed by atoms with Crippen LogP contribution in [-0.2, 0) is 16.0 Å². The molecule has 0 saturated carbocycles. The topological polar surface area (TPSA) is 90.5 Å². The van der Waals surface area contributed by atoms with Crippen LogP contribution in [0.4, 0.5) is 0 Å². The monoisotopic (exact) mass is 407 g/mol. The summed E-state index contributed by atoms with van der Waals surface area (Å²) in [5, 5.41) is 19.1. The summed E-state index contributed by atoms with van der Waals surface area (Å²) in [6.45, 7) is 13.5. The van der Waals surface area contributed by atoms with Crippen LogP contribution >= 0.6 is 0 Å². The lowest BCUT2D eigenvalue weighted by Crippen LogP contribution is -2.51. The van der Waals surface area contributed by atoms with E-state index in [0.717, 1.165) is 18.0 Å². The SMILES string of the molecule is CC(C)C.CCC(=O)NCC(=O)N[C@@H](Cc1ccccc1)[C@H](O)CNCC(C)C. The Bertz CT molecular complexity index is 559. The number of amides is 2. The fourth-order valence-corrected chi connectivity index (χ4v) is 2.38. The molecule has 0 radical (unpaired) electrons. The van der Waals surface area contributed by atoms with E-state index in [0.29, 0.717) is 25.3 Å². The van der Waals surface area contributed by atoms with E-state index in [4.69, 9.17) is 0 Å². The van der Waals surface area contributed by atoms with E-state index in [9.17, 15) is 14.7 Å². The molecule has 0 saturated heterocycles. The van der Waals surface area contributed by atoms with Crippen molar-refractivity contribution in [2.75, 3.05) is 19.6 Å². The van der Waals surface area contributed by atoms with Crippen LogP contribution in [0.15, 0.2) is 30.3 Å². The van der Waals surface area contributed by atoms with E-state index in [1.807, 2.05) is 30.3 Å². The summed E-state index contributed by atoms with van der Waals surface area (Å²) in [5.74, 6) is 0.846. The van der Waals surface area contributed by atoms with Gasteiger partial charge in [0.2, 0.25) is 11.8 Å². The number of nitrogens with one attached hydrogen (secondary N) is 3. The smallest absolute Gasteiger partial charge is 0.239 e. The quantitative estimate of drug-likeness (QED) is 0.454. The van der Waals surface area contributed by atoms with Crippen molar-refractivity contribution in [3.63, 3.8) is 0 Å². The van der Waals surface area contributed by atoms with Crippen molar-refractivity contribution in [1.82, 2.24) is 16.0 Å². The third-order valence-corrected chi connectivity index (χ3v) is 3.78. The van der Waals surface area contributed by atoms with E-state index in [1.165, 1.54) is 0 Å². The van der Waals surface area contributed by atoms with Crippen molar-refractivity contribution in [3.8, 4) is 0 Å². The lowest BCUT2D eigenvalue weighted by atomic mass is 10.0. The van der Waals surface area contributed by atoms with Crippen LogP contribution in [0.2, 0.25) is 0 Å². The highest BCUT2D eigenvalue weighted by atomic mass is 16.3. The zero-order valence-electron chi connectivity index (χ0n) is 19.0. The lowest BCUT2D eigenvalue weighted by molar-refractivity contribution is -0.126. The minimum absolute atomic E-state index is 0.0793. The molecule has 29 heavy (non-hydrogen) atoms. The van der Waals surface area contributed by atoms with Crippen LogP contribution in [0.1, 0.15) is 53.5 Å². The van der Waals surface area contributed by atoms with Gasteiger partial charge in [0, 0.05) is 13.0 Å². The number of aliphatic hydroxyl groups excluding tert-OH is 1. The van der Waals surface area contributed by atoms with Gasteiger partial charge in [0.25, 0.3) is 0 Å². The van der Waals surface area contributed by atoms with Gasteiger partial charge in [-0.15, -0.1) is 0 Å². The highest BCUT2D eigenvalue weighted by molar-refractivity contribution is 5.84. The first-order valence-electron chi connectivity index (χ1n) is 10.6. The first-order valence-corrected chi connectivity index (χ1v) is 10.6. The Hall–Kier alpha value is -1.92. The Balaban J connectivity index is 0.00000178. The number of aliphatic hydroxyl groups is 1. The zero-order chi connectivity index (χ0) is 22.2. The molecule has 4 N–H and O–H groups in total. The normalized spacial score (nSPS) is 12.7. The fourth-order valence-electron chi connectivity index (χ4n) is 2.38. The molecule has 1 aromatic carbocycles. The molecule has 1 rings (SSSR count). The van der Waals surface area contributed by atoms with Crippen molar-refractivity contribution < 1.29 is 14.7 Å². The second-order valence-corrected chi connectivity index (χ2v) is 8.35. The number of rotatable bonds is 11. The summed E-state index contributed by atoms with van der Waals surface area (Å²) in [6, 6.07) is 9.29. The van der Waals surface area contributed by atoms with Gasteiger partial charge in [0.05, 0.1) is 18.7 Å². The Morgan fingerprint density at radius 2 is 1.55 bits per heavy atom. The standard InChI is InChI=1S/C19H31N3O3.C4H10/c1-4-18(24)21-13-19(25)22-16(10-15-8-6-5-7-9-15)17(23)12-20-11-14(2)3;1-4(2)3/h5-9,14,16-17,20,23H,4,10-13H2,1-3H3,(H,21,24)(H,22,25);4H,1-3H3/t16-,17+;/m0./s1. The molecule has 0 fully saturated rings. The van der Waals surface area contributed by atoms with Gasteiger partial charge in [-0.05, 0) is 30.4 Å². The highest BCUT2D eigenvalue weighted by Crippen LogP contribution is 2.06. The number of carbonyl (C=O) groups is 2. The highest BCUT2D eigenvalue weighted by Gasteiger charge is 2.21. The molecule has 6 nitrogen and oxygen atoms in total. The van der Waals surface area contributed by atoms with E-state index in [1.54, 1.807) is 6.92 Å². The zero-order valence-corrected chi connectivity index (χ0v) is 19.0. The summed E-state index contributed by atoms with van der Waals surface area (Å²) >= 11 is 0. The van der Waals surface area contributed by atoms with E-state index in [2.05, 4.69) is 50.6 Å². The molecule has 0 unspecified atom stereocenters. The molecule has 0 spiro atoms. The third kappa shape index (κ3) is 15.7. The van der Waals surface area contributed by atoms with Gasteiger partial charge in [0.1, 0.15) is 0 Å². The van der Waals surface area contributed by atoms with Crippen molar-refractivity contribution in [3.05, 3.63) is 35.9 Å². The number of carbonyl (C=O) groups excluding carboxylic acids is 2.